The summed E-state index contributed by atoms with van der Waals surface area (Å²) < 4.78 is 0. The number of halogens is 1. The lowest BCUT2D eigenvalue weighted by Crippen LogP contribution is -2.06. The van der Waals surface area contributed by atoms with Crippen molar-refractivity contribution in [3.63, 3.8) is 0 Å². The van der Waals surface area contributed by atoms with Gasteiger partial charge in [0, 0.05) is 5.02 Å². The maximum absolute atomic E-state index is 5.87. The SMILES string of the molecule is Clc1ccc(CCCC2CCCCC2)cc1. The van der Waals surface area contributed by atoms with Gasteiger partial charge >= 0.3 is 0 Å². The van der Waals surface area contributed by atoms with Gasteiger partial charge in [-0.3, -0.25) is 0 Å². The molecule has 0 aromatic heterocycles. The van der Waals surface area contributed by atoms with Crippen molar-refractivity contribution in [2.75, 3.05) is 0 Å². The largest absolute Gasteiger partial charge is 0.0843 e. The van der Waals surface area contributed by atoms with Crippen LogP contribution in [0.2, 0.25) is 5.02 Å². The zero-order chi connectivity index (χ0) is 11.2. The van der Waals surface area contributed by atoms with E-state index in [1.165, 1.54) is 56.9 Å². The molecule has 88 valence electrons. The van der Waals surface area contributed by atoms with Gasteiger partial charge in [0.15, 0.2) is 0 Å². The molecule has 1 aliphatic carbocycles. The van der Waals surface area contributed by atoms with Crippen molar-refractivity contribution in [3.05, 3.63) is 34.9 Å². The van der Waals surface area contributed by atoms with Gasteiger partial charge < -0.3 is 0 Å². The van der Waals surface area contributed by atoms with E-state index in [1.54, 1.807) is 0 Å². The normalized spacial score (nSPS) is 17.6. The van der Waals surface area contributed by atoms with Gasteiger partial charge in [0.05, 0.1) is 0 Å². The van der Waals surface area contributed by atoms with Crippen LogP contribution in [0.15, 0.2) is 24.3 Å². The first-order valence-electron chi connectivity index (χ1n) is 6.59. The van der Waals surface area contributed by atoms with Crippen LogP contribution >= 0.6 is 11.6 Å². The molecule has 0 unspecified atom stereocenters. The molecule has 1 aromatic rings. The number of benzene rings is 1. The summed E-state index contributed by atoms with van der Waals surface area (Å²) in [4.78, 5) is 0. The molecule has 0 saturated heterocycles. The zero-order valence-corrected chi connectivity index (χ0v) is 10.7. The van der Waals surface area contributed by atoms with E-state index in [1.807, 2.05) is 12.1 Å². The summed E-state index contributed by atoms with van der Waals surface area (Å²) in [5.41, 5.74) is 1.43. The summed E-state index contributed by atoms with van der Waals surface area (Å²) in [6.45, 7) is 0. The van der Waals surface area contributed by atoms with E-state index < -0.39 is 0 Å². The van der Waals surface area contributed by atoms with Gasteiger partial charge in [0.25, 0.3) is 0 Å². The first-order chi connectivity index (χ1) is 7.84. The molecular weight excluding hydrogens is 216 g/mol. The smallest absolute Gasteiger partial charge is 0.0406 e. The van der Waals surface area contributed by atoms with Crippen LogP contribution in [0.5, 0.6) is 0 Å². The zero-order valence-electron chi connectivity index (χ0n) is 9.92. The number of rotatable bonds is 4. The second kappa shape index (κ2) is 6.30. The molecule has 2 rings (SSSR count). The Hall–Kier alpha value is -0.490. The molecule has 0 nitrogen and oxygen atoms in total. The van der Waals surface area contributed by atoms with Gasteiger partial charge in [-0.1, -0.05) is 62.3 Å². The monoisotopic (exact) mass is 236 g/mol. The van der Waals surface area contributed by atoms with Gasteiger partial charge in [0.1, 0.15) is 0 Å². The highest BCUT2D eigenvalue weighted by molar-refractivity contribution is 6.30. The topological polar surface area (TPSA) is 0 Å². The van der Waals surface area contributed by atoms with E-state index in [2.05, 4.69) is 12.1 Å². The molecule has 0 atom stereocenters. The van der Waals surface area contributed by atoms with Gasteiger partial charge in [-0.2, -0.15) is 0 Å². The van der Waals surface area contributed by atoms with E-state index in [0.717, 1.165) is 10.9 Å². The Bertz CT molecular complexity index is 296. The fraction of sp³-hybridized carbons (Fsp3) is 0.600. The molecule has 1 heteroatoms. The third-order valence-electron chi connectivity index (χ3n) is 3.72. The molecule has 0 spiro atoms. The second-order valence-corrected chi connectivity index (χ2v) is 5.46. The predicted molar refractivity (Wildman–Crippen MR) is 71.0 cm³/mol. The van der Waals surface area contributed by atoms with Crippen molar-refractivity contribution < 1.29 is 0 Å². The van der Waals surface area contributed by atoms with Crippen LogP contribution in [0, 0.1) is 5.92 Å². The molecule has 0 bridgehead atoms. The molecule has 1 fully saturated rings. The quantitative estimate of drug-likeness (QED) is 0.671. The summed E-state index contributed by atoms with van der Waals surface area (Å²) in [6, 6.07) is 8.31. The molecule has 0 N–H and O–H groups in total. The maximum Gasteiger partial charge on any atom is 0.0406 e. The standard InChI is InChI=1S/C15H21Cl/c16-15-11-9-14(10-12-15)8-4-7-13-5-2-1-3-6-13/h9-13H,1-8H2. The third kappa shape index (κ3) is 3.83. The molecule has 0 aliphatic heterocycles. The van der Waals surface area contributed by atoms with Crippen molar-refractivity contribution in [1.82, 2.24) is 0 Å². The molecule has 1 saturated carbocycles. The van der Waals surface area contributed by atoms with Gasteiger partial charge in [-0.15, -0.1) is 0 Å². The fourth-order valence-electron chi connectivity index (χ4n) is 2.72. The van der Waals surface area contributed by atoms with Gasteiger partial charge in [0.2, 0.25) is 0 Å². The Kier molecular flexibility index (Phi) is 4.71. The minimum absolute atomic E-state index is 0.844. The van der Waals surface area contributed by atoms with E-state index >= 15 is 0 Å². The molecule has 0 radical (unpaired) electrons. The Labute approximate surface area is 104 Å². The van der Waals surface area contributed by atoms with Crippen LogP contribution in [0.1, 0.15) is 50.5 Å². The summed E-state index contributed by atoms with van der Waals surface area (Å²) in [7, 11) is 0. The molecular formula is C15H21Cl. The van der Waals surface area contributed by atoms with Crippen LogP contribution in [-0.2, 0) is 6.42 Å². The highest BCUT2D eigenvalue weighted by atomic mass is 35.5. The molecule has 1 aromatic carbocycles. The average molecular weight is 237 g/mol. The Balaban J connectivity index is 1.69. The van der Waals surface area contributed by atoms with Gasteiger partial charge in [-0.05, 0) is 36.5 Å². The first kappa shape index (κ1) is 12.0. The van der Waals surface area contributed by atoms with Crippen LogP contribution < -0.4 is 0 Å². The van der Waals surface area contributed by atoms with Crippen LogP contribution in [0.25, 0.3) is 0 Å². The summed E-state index contributed by atoms with van der Waals surface area (Å²) in [5, 5.41) is 0.844. The Morgan fingerprint density at radius 2 is 1.69 bits per heavy atom. The first-order valence-corrected chi connectivity index (χ1v) is 6.97. The Morgan fingerprint density at radius 3 is 2.38 bits per heavy atom. The highest BCUT2D eigenvalue weighted by Gasteiger charge is 2.12. The minimum Gasteiger partial charge on any atom is -0.0843 e. The van der Waals surface area contributed by atoms with Crippen LogP contribution in [0.4, 0.5) is 0 Å². The third-order valence-corrected chi connectivity index (χ3v) is 3.97. The molecule has 0 heterocycles. The predicted octanol–water partition coefficient (Wildman–Crippen LogP) is 5.24. The minimum atomic E-state index is 0.844. The molecule has 1 aliphatic rings. The molecule has 0 amide bonds. The number of hydrogen-bond acceptors (Lipinski definition) is 0. The van der Waals surface area contributed by atoms with E-state index in [-0.39, 0.29) is 0 Å². The van der Waals surface area contributed by atoms with E-state index in [9.17, 15) is 0 Å². The van der Waals surface area contributed by atoms with Crippen molar-refractivity contribution in [1.29, 1.82) is 0 Å². The number of hydrogen-bond donors (Lipinski definition) is 0. The second-order valence-electron chi connectivity index (χ2n) is 5.02. The van der Waals surface area contributed by atoms with Crippen molar-refractivity contribution >= 4 is 11.6 Å². The maximum atomic E-state index is 5.87. The lowest BCUT2D eigenvalue weighted by Gasteiger charge is -2.21. The summed E-state index contributed by atoms with van der Waals surface area (Å²) >= 11 is 5.87. The number of aryl methyl sites for hydroxylation is 1. The van der Waals surface area contributed by atoms with Crippen molar-refractivity contribution in [3.8, 4) is 0 Å². The summed E-state index contributed by atoms with van der Waals surface area (Å²) in [5.74, 6) is 1.01. The summed E-state index contributed by atoms with van der Waals surface area (Å²) in [6.07, 6.45) is 11.3. The lowest BCUT2D eigenvalue weighted by atomic mass is 9.85. The highest BCUT2D eigenvalue weighted by Crippen LogP contribution is 2.27. The van der Waals surface area contributed by atoms with E-state index in [4.69, 9.17) is 11.6 Å². The van der Waals surface area contributed by atoms with Crippen LogP contribution in [-0.4, -0.2) is 0 Å². The lowest BCUT2D eigenvalue weighted by molar-refractivity contribution is 0.332. The average Bonchev–Trinajstić information content (AvgIpc) is 2.33. The van der Waals surface area contributed by atoms with Crippen LogP contribution in [0.3, 0.4) is 0 Å². The fourth-order valence-corrected chi connectivity index (χ4v) is 2.85. The van der Waals surface area contributed by atoms with Crippen molar-refractivity contribution in [2.24, 2.45) is 5.92 Å². The Morgan fingerprint density at radius 1 is 1.00 bits per heavy atom. The molecule has 16 heavy (non-hydrogen) atoms. The van der Waals surface area contributed by atoms with Crippen molar-refractivity contribution in [2.45, 2.75) is 51.4 Å². The van der Waals surface area contributed by atoms with Gasteiger partial charge in [-0.25, -0.2) is 0 Å². The van der Waals surface area contributed by atoms with E-state index in [0.29, 0.717) is 0 Å².